The quantitative estimate of drug-likeness (QED) is 0.888. The fourth-order valence-electron chi connectivity index (χ4n) is 2.86. The van der Waals surface area contributed by atoms with Crippen LogP contribution >= 0.6 is 0 Å². The fraction of sp³-hybridized carbons (Fsp3) is 0.600. The summed E-state index contributed by atoms with van der Waals surface area (Å²) in [5, 5.41) is 0. The molecule has 0 saturated carbocycles. The average molecular weight is 248 g/mol. The highest BCUT2D eigenvalue weighted by molar-refractivity contribution is 5.25. The number of likely N-dealkylation sites (tertiary alicyclic amines) is 1. The summed E-state index contributed by atoms with van der Waals surface area (Å²) >= 11 is 0. The summed E-state index contributed by atoms with van der Waals surface area (Å²) in [7, 11) is 2.11. The van der Waals surface area contributed by atoms with Crippen molar-refractivity contribution in [1.82, 2.24) is 4.90 Å². The Kier molecular flexibility index (Phi) is 4.38. The number of likely N-dealkylation sites (N-methyl/N-ethyl adjacent to an activating group) is 1. The van der Waals surface area contributed by atoms with Crippen LogP contribution in [0, 0.1) is 0 Å². The number of hydrogen-bond acceptors (Lipinski definition) is 3. The average Bonchev–Trinajstić information content (AvgIpc) is 2.40. The lowest BCUT2D eigenvalue weighted by molar-refractivity contribution is -0.185. The topological polar surface area (TPSA) is 38.5 Å². The van der Waals surface area contributed by atoms with E-state index < -0.39 is 5.72 Å². The first-order valence-electron chi connectivity index (χ1n) is 6.88. The van der Waals surface area contributed by atoms with E-state index >= 15 is 0 Å². The SMILES string of the molecule is CCCOC1(c2ccccc2)C(N)CCCN1C. The second-order valence-corrected chi connectivity index (χ2v) is 5.08. The number of rotatable bonds is 4. The number of ether oxygens (including phenoxy) is 1. The smallest absolute Gasteiger partial charge is 0.162 e. The maximum absolute atomic E-state index is 6.41. The van der Waals surface area contributed by atoms with Crippen LogP contribution in [0.2, 0.25) is 0 Å². The van der Waals surface area contributed by atoms with Crippen LogP contribution < -0.4 is 5.73 Å². The molecule has 100 valence electrons. The lowest BCUT2D eigenvalue weighted by Gasteiger charge is -2.49. The van der Waals surface area contributed by atoms with Crippen molar-refractivity contribution in [2.45, 2.75) is 38.0 Å². The molecule has 3 nitrogen and oxygen atoms in total. The van der Waals surface area contributed by atoms with Gasteiger partial charge in [-0.15, -0.1) is 0 Å². The Labute approximate surface area is 110 Å². The van der Waals surface area contributed by atoms with Gasteiger partial charge in [0.25, 0.3) is 0 Å². The Morgan fingerprint density at radius 3 is 2.72 bits per heavy atom. The fourth-order valence-corrected chi connectivity index (χ4v) is 2.86. The van der Waals surface area contributed by atoms with E-state index in [0.717, 1.165) is 32.4 Å². The van der Waals surface area contributed by atoms with Crippen molar-refractivity contribution in [3.8, 4) is 0 Å². The van der Waals surface area contributed by atoms with Gasteiger partial charge in [0, 0.05) is 18.7 Å². The van der Waals surface area contributed by atoms with Gasteiger partial charge in [0.2, 0.25) is 0 Å². The third-order valence-corrected chi connectivity index (χ3v) is 3.79. The van der Waals surface area contributed by atoms with Gasteiger partial charge in [0.15, 0.2) is 5.72 Å². The molecular weight excluding hydrogens is 224 g/mol. The Morgan fingerprint density at radius 2 is 2.11 bits per heavy atom. The summed E-state index contributed by atoms with van der Waals surface area (Å²) in [6.07, 6.45) is 3.17. The van der Waals surface area contributed by atoms with Gasteiger partial charge in [-0.05, 0) is 26.3 Å². The lowest BCUT2D eigenvalue weighted by Crippen LogP contribution is -2.61. The molecule has 1 aromatic rings. The van der Waals surface area contributed by atoms with Crippen LogP contribution in [0.5, 0.6) is 0 Å². The maximum atomic E-state index is 6.41. The van der Waals surface area contributed by atoms with Gasteiger partial charge in [-0.3, -0.25) is 4.90 Å². The standard InChI is InChI=1S/C15H24N2O/c1-3-12-18-15(13-8-5-4-6-9-13)14(16)10-7-11-17(15)2/h4-6,8-9,14H,3,7,10-12,16H2,1-2H3. The summed E-state index contributed by atoms with van der Waals surface area (Å²) in [5.41, 5.74) is 7.14. The van der Waals surface area contributed by atoms with Gasteiger partial charge in [-0.1, -0.05) is 37.3 Å². The summed E-state index contributed by atoms with van der Waals surface area (Å²) in [6.45, 7) is 3.91. The second-order valence-electron chi connectivity index (χ2n) is 5.08. The predicted octanol–water partition coefficient (Wildman–Crippen LogP) is 2.32. The summed E-state index contributed by atoms with van der Waals surface area (Å²) in [4.78, 5) is 2.27. The molecule has 1 aliphatic heterocycles. The van der Waals surface area contributed by atoms with E-state index in [0.29, 0.717) is 0 Å². The molecule has 1 aliphatic rings. The molecule has 0 bridgehead atoms. The van der Waals surface area contributed by atoms with Gasteiger partial charge < -0.3 is 10.5 Å². The molecule has 2 N–H and O–H groups in total. The van der Waals surface area contributed by atoms with Gasteiger partial charge in [0.1, 0.15) is 0 Å². The molecule has 2 unspecified atom stereocenters. The Hall–Kier alpha value is -0.900. The van der Waals surface area contributed by atoms with E-state index in [1.165, 1.54) is 5.56 Å². The molecule has 2 rings (SSSR count). The van der Waals surface area contributed by atoms with Crippen LogP contribution in [-0.2, 0) is 10.5 Å². The molecule has 18 heavy (non-hydrogen) atoms. The number of nitrogens with two attached hydrogens (primary N) is 1. The predicted molar refractivity (Wildman–Crippen MR) is 74.2 cm³/mol. The molecule has 0 aromatic heterocycles. The van der Waals surface area contributed by atoms with E-state index in [2.05, 4.69) is 43.1 Å². The highest BCUT2D eigenvalue weighted by Gasteiger charge is 2.45. The highest BCUT2D eigenvalue weighted by Crippen LogP contribution is 2.37. The van der Waals surface area contributed by atoms with E-state index in [1.807, 2.05) is 6.07 Å². The van der Waals surface area contributed by atoms with Crippen molar-refractivity contribution < 1.29 is 4.74 Å². The molecule has 0 radical (unpaired) electrons. The van der Waals surface area contributed by atoms with E-state index in [4.69, 9.17) is 10.5 Å². The number of benzene rings is 1. The minimum Gasteiger partial charge on any atom is -0.354 e. The zero-order chi connectivity index (χ0) is 13.0. The minimum absolute atomic E-state index is 0.0326. The van der Waals surface area contributed by atoms with Crippen LogP contribution in [0.4, 0.5) is 0 Å². The highest BCUT2D eigenvalue weighted by atomic mass is 16.5. The van der Waals surface area contributed by atoms with Crippen molar-refractivity contribution in [1.29, 1.82) is 0 Å². The van der Waals surface area contributed by atoms with Crippen molar-refractivity contribution >= 4 is 0 Å². The monoisotopic (exact) mass is 248 g/mol. The molecule has 1 fully saturated rings. The van der Waals surface area contributed by atoms with E-state index in [9.17, 15) is 0 Å². The lowest BCUT2D eigenvalue weighted by atomic mass is 9.87. The minimum atomic E-state index is -0.449. The van der Waals surface area contributed by atoms with Gasteiger partial charge >= 0.3 is 0 Å². The molecule has 1 aromatic carbocycles. The number of nitrogens with zero attached hydrogens (tertiary/aromatic N) is 1. The second kappa shape index (κ2) is 5.83. The van der Waals surface area contributed by atoms with Crippen molar-refractivity contribution in [3.05, 3.63) is 35.9 Å². The van der Waals surface area contributed by atoms with Crippen LogP contribution in [0.3, 0.4) is 0 Å². The van der Waals surface area contributed by atoms with Gasteiger partial charge in [-0.2, -0.15) is 0 Å². The van der Waals surface area contributed by atoms with Crippen molar-refractivity contribution in [2.24, 2.45) is 5.73 Å². The van der Waals surface area contributed by atoms with Crippen molar-refractivity contribution in [3.63, 3.8) is 0 Å². The zero-order valence-corrected chi connectivity index (χ0v) is 11.4. The van der Waals surface area contributed by atoms with Crippen molar-refractivity contribution in [2.75, 3.05) is 20.2 Å². The van der Waals surface area contributed by atoms with E-state index in [1.54, 1.807) is 0 Å². The Bertz CT molecular complexity index is 356. The summed E-state index contributed by atoms with van der Waals surface area (Å²) in [6, 6.07) is 10.4. The third-order valence-electron chi connectivity index (χ3n) is 3.79. The molecule has 1 heterocycles. The van der Waals surface area contributed by atoms with Gasteiger partial charge in [-0.25, -0.2) is 0 Å². The summed E-state index contributed by atoms with van der Waals surface area (Å²) < 4.78 is 6.23. The maximum Gasteiger partial charge on any atom is 0.162 e. The van der Waals surface area contributed by atoms with Crippen LogP contribution in [-0.4, -0.2) is 31.1 Å². The molecule has 0 amide bonds. The van der Waals surface area contributed by atoms with Crippen LogP contribution in [0.15, 0.2) is 30.3 Å². The van der Waals surface area contributed by atoms with E-state index in [-0.39, 0.29) is 6.04 Å². The Balaban J connectivity index is 2.38. The van der Waals surface area contributed by atoms with Crippen LogP contribution in [0.25, 0.3) is 0 Å². The first-order chi connectivity index (χ1) is 8.71. The Morgan fingerprint density at radius 1 is 1.39 bits per heavy atom. The summed E-state index contributed by atoms with van der Waals surface area (Å²) in [5.74, 6) is 0. The number of hydrogen-bond donors (Lipinski definition) is 1. The molecule has 3 heteroatoms. The molecular formula is C15H24N2O. The largest absolute Gasteiger partial charge is 0.354 e. The molecule has 1 saturated heterocycles. The normalized spacial score (nSPS) is 29.4. The third kappa shape index (κ3) is 2.30. The first kappa shape index (κ1) is 13.5. The molecule has 2 atom stereocenters. The molecule has 0 spiro atoms. The van der Waals surface area contributed by atoms with Gasteiger partial charge in [0.05, 0.1) is 6.04 Å². The molecule has 0 aliphatic carbocycles. The first-order valence-corrected chi connectivity index (χ1v) is 6.88. The number of piperidine rings is 1. The zero-order valence-electron chi connectivity index (χ0n) is 11.4. The van der Waals surface area contributed by atoms with Crippen LogP contribution in [0.1, 0.15) is 31.7 Å².